The molecular weight excluding hydrogens is 340 g/mol. The molecule has 8 heteroatoms. The van der Waals surface area contributed by atoms with Gasteiger partial charge in [0, 0.05) is 18.6 Å². The van der Waals surface area contributed by atoms with Crippen LogP contribution in [-0.4, -0.2) is 33.0 Å². The molecule has 3 rings (SSSR count). The van der Waals surface area contributed by atoms with Crippen molar-refractivity contribution in [2.75, 3.05) is 0 Å². The van der Waals surface area contributed by atoms with Crippen LogP contribution in [0.15, 0.2) is 48.5 Å². The maximum Gasteiger partial charge on any atom is 0.411 e. The summed E-state index contributed by atoms with van der Waals surface area (Å²) in [6, 6.07) is 12.2. The van der Waals surface area contributed by atoms with Crippen molar-refractivity contribution in [3.05, 3.63) is 75.3 Å². The molecular formula is C18H16N2O6. The molecule has 0 saturated carbocycles. The molecule has 134 valence electrons. The van der Waals surface area contributed by atoms with Crippen LogP contribution in [0.1, 0.15) is 16.7 Å². The first-order valence-electron chi connectivity index (χ1n) is 7.92. The first-order valence-corrected chi connectivity index (χ1v) is 7.92. The van der Waals surface area contributed by atoms with Crippen LogP contribution in [0.2, 0.25) is 0 Å². The number of aliphatic carboxylic acids is 1. The topological polar surface area (TPSA) is 110 Å². The number of carbonyl (C=O) groups is 2. The summed E-state index contributed by atoms with van der Waals surface area (Å²) in [7, 11) is 0. The summed E-state index contributed by atoms with van der Waals surface area (Å²) in [6.45, 7) is -0.0358. The van der Waals surface area contributed by atoms with Gasteiger partial charge in [-0.25, -0.2) is 9.59 Å². The molecule has 0 unspecified atom stereocenters. The van der Waals surface area contributed by atoms with Gasteiger partial charge in [0.25, 0.3) is 5.69 Å². The lowest BCUT2D eigenvalue weighted by atomic mass is 9.94. The third-order valence-electron chi connectivity index (χ3n) is 4.26. The van der Waals surface area contributed by atoms with E-state index >= 15 is 0 Å². The van der Waals surface area contributed by atoms with Crippen LogP contribution in [0.5, 0.6) is 0 Å². The van der Waals surface area contributed by atoms with Crippen molar-refractivity contribution in [1.82, 2.24) is 4.90 Å². The molecule has 2 aromatic rings. The van der Waals surface area contributed by atoms with E-state index in [4.69, 9.17) is 4.74 Å². The van der Waals surface area contributed by atoms with Crippen molar-refractivity contribution in [2.45, 2.75) is 25.6 Å². The van der Waals surface area contributed by atoms with Gasteiger partial charge < -0.3 is 9.84 Å². The van der Waals surface area contributed by atoms with Crippen molar-refractivity contribution in [2.24, 2.45) is 0 Å². The zero-order valence-electron chi connectivity index (χ0n) is 13.7. The SMILES string of the molecule is O=C(O)[C@@H]1Cc2ccc([N+](=O)[O-])cc2CN1C(=O)OCc1ccccc1. The lowest BCUT2D eigenvalue weighted by Gasteiger charge is -2.33. The number of hydrogen-bond acceptors (Lipinski definition) is 5. The predicted octanol–water partition coefficient (Wildman–Crippen LogP) is 2.74. The lowest BCUT2D eigenvalue weighted by Crippen LogP contribution is -2.48. The molecule has 0 spiro atoms. The number of benzene rings is 2. The van der Waals surface area contributed by atoms with Gasteiger partial charge in [0.15, 0.2) is 0 Å². The van der Waals surface area contributed by atoms with Crippen LogP contribution in [0, 0.1) is 10.1 Å². The Labute approximate surface area is 148 Å². The molecule has 2 aromatic carbocycles. The molecule has 1 N–H and O–H groups in total. The molecule has 0 saturated heterocycles. The number of carbonyl (C=O) groups excluding carboxylic acids is 1. The Kier molecular flexibility index (Phi) is 4.83. The van der Waals surface area contributed by atoms with Crippen LogP contribution in [-0.2, 0) is 29.1 Å². The first-order chi connectivity index (χ1) is 12.5. The van der Waals surface area contributed by atoms with Crippen LogP contribution >= 0.6 is 0 Å². The second-order valence-corrected chi connectivity index (χ2v) is 5.94. The molecule has 0 bridgehead atoms. The zero-order chi connectivity index (χ0) is 18.7. The number of nitrogens with zero attached hydrogens (tertiary/aromatic N) is 2. The smallest absolute Gasteiger partial charge is 0.411 e. The number of hydrogen-bond donors (Lipinski definition) is 1. The number of fused-ring (bicyclic) bond motifs is 1. The summed E-state index contributed by atoms with van der Waals surface area (Å²) in [5.41, 5.74) is 1.90. The number of nitro groups is 1. The Morgan fingerprint density at radius 1 is 1.19 bits per heavy atom. The van der Waals surface area contributed by atoms with E-state index in [1.807, 2.05) is 6.07 Å². The first kappa shape index (κ1) is 17.4. The number of carboxylic acids is 1. The minimum atomic E-state index is -1.15. The highest BCUT2D eigenvalue weighted by Gasteiger charge is 2.36. The average Bonchev–Trinajstić information content (AvgIpc) is 2.65. The van der Waals surface area contributed by atoms with E-state index in [1.54, 1.807) is 24.3 Å². The number of ether oxygens (including phenoxy) is 1. The van der Waals surface area contributed by atoms with E-state index in [-0.39, 0.29) is 25.3 Å². The summed E-state index contributed by atoms with van der Waals surface area (Å²) in [6.07, 6.45) is -0.693. The van der Waals surface area contributed by atoms with Gasteiger partial charge in [-0.1, -0.05) is 36.4 Å². The molecule has 0 aromatic heterocycles. The number of amides is 1. The fourth-order valence-electron chi connectivity index (χ4n) is 2.90. The second kappa shape index (κ2) is 7.22. The van der Waals surface area contributed by atoms with Gasteiger partial charge in [0.05, 0.1) is 11.5 Å². The van der Waals surface area contributed by atoms with Gasteiger partial charge in [0.2, 0.25) is 0 Å². The molecule has 26 heavy (non-hydrogen) atoms. The molecule has 1 aliphatic heterocycles. The van der Waals surface area contributed by atoms with Gasteiger partial charge in [-0.05, 0) is 16.7 Å². The van der Waals surface area contributed by atoms with Crippen molar-refractivity contribution >= 4 is 17.7 Å². The van der Waals surface area contributed by atoms with E-state index in [0.717, 1.165) is 10.5 Å². The summed E-state index contributed by atoms with van der Waals surface area (Å²) < 4.78 is 5.23. The number of non-ortho nitro benzene ring substituents is 1. The molecule has 1 amide bonds. The maximum atomic E-state index is 12.4. The van der Waals surface area contributed by atoms with Crippen LogP contribution in [0.3, 0.4) is 0 Å². The number of rotatable bonds is 4. The second-order valence-electron chi connectivity index (χ2n) is 5.94. The lowest BCUT2D eigenvalue weighted by molar-refractivity contribution is -0.385. The summed E-state index contributed by atoms with van der Waals surface area (Å²) in [5.74, 6) is -1.15. The van der Waals surface area contributed by atoms with Crippen molar-refractivity contribution < 1.29 is 24.4 Å². The largest absolute Gasteiger partial charge is 0.480 e. The highest BCUT2D eigenvalue weighted by molar-refractivity contribution is 5.81. The highest BCUT2D eigenvalue weighted by Crippen LogP contribution is 2.27. The van der Waals surface area contributed by atoms with Crippen LogP contribution in [0.4, 0.5) is 10.5 Å². The monoisotopic (exact) mass is 356 g/mol. The Morgan fingerprint density at radius 2 is 1.92 bits per heavy atom. The molecule has 0 fully saturated rings. The quantitative estimate of drug-likeness (QED) is 0.666. The third-order valence-corrected chi connectivity index (χ3v) is 4.26. The van der Waals surface area contributed by atoms with Gasteiger partial charge >= 0.3 is 12.1 Å². The molecule has 1 atom stereocenters. The van der Waals surface area contributed by atoms with E-state index in [2.05, 4.69) is 0 Å². The highest BCUT2D eigenvalue weighted by atomic mass is 16.6. The third kappa shape index (κ3) is 3.64. The minimum Gasteiger partial charge on any atom is -0.480 e. The normalized spacial score (nSPS) is 15.8. The fourth-order valence-corrected chi connectivity index (χ4v) is 2.90. The summed E-state index contributed by atoms with van der Waals surface area (Å²) in [5, 5.41) is 20.4. The van der Waals surface area contributed by atoms with Gasteiger partial charge in [-0.2, -0.15) is 0 Å². The van der Waals surface area contributed by atoms with Gasteiger partial charge in [-0.15, -0.1) is 0 Å². The van der Waals surface area contributed by atoms with Crippen molar-refractivity contribution in [1.29, 1.82) is 0 Å². The minimum absolute atomic E-state index is 0.0182. The average molecular weight is 356 g/mol. The van der Waals surface area contributed by atoms with E-state index in [9.17, 15) is 24.8 Å². The molecule has 1 aliphatic rings. The van der Waals surface area contributed by atoms with E-state index < -0.39 is 23.0 Å². The number of carboxylic acid groups (broad SMARTS) is 1. The summed E-state index contributed by atoms with van der Waals surface area (Å²) >= 11 is 0. The fraction of sp³-hybridized carbons (Fsp3) is 0.222. The van der Waals surface area contributed by atoms with E-state index in [1.165, 1.54) is 18.2 Å². The molecule has 1 heterocycles. The van der Waals surface area contributed by atoms with E-state index in [0.29, 0.717) is 11.1 Å². The zero-order valence-corrected chi connectivity index (χ0v) is 13.7. The number of nitro benzene ring substituents is 1. The van der Waals surface area contributed by atoms with Crippen molar-refractivity contribution in [3.63, 3.8) is 0 Å². The predicted molar refractivity (Wildman–Crippen MR) is 90.4 cm³/mol. The standard InChI is InChI=1S/C18H16N2O6/c21-17(22)16-9-13-6-7-15(20(24)25)8-14(13)10-19(16)18(23)26-11-12-4-2-1-3-5-12/h1-8,16H,9-11H2,(H,21,22)/t16-/m0/s1. The van der Waals surface area contributed by atoms with Crippen LogP contribution in [0.25, 0.3) is 0 Å². The van der Waals surface area contributed by atoms with Crippen molar-refractivity contribution in [3.8, 4) is 0 Å². The Balaban J connectivity index is 1.80. The molecule has 8 nitrogen and oxygen atoms in total. The maximum absolute atomic E-state index is 12.4. The van der Waals surface area contributed by atoms with Gasteiger partial charge in [-0.3, -0.25) is 15.0 Å². The Hall–Kier alpha value is -3.42. The Morgan fingerprint density at radius 3 is 2.58 bits per heavy atom. The Bertz CT molecular complexity index is 852. The summed E-state index contributed by atoms with van der Waals surface area (Å²) in [4.78, 5) is 35.5. The van der Waals surface area contributed by atoms with Gasteiger partial charge in [0.1, 0.15) is 12.6 Å². The molecule has 0 radical (unpaired) electrons. The van der Waals surface area contributed by atoms with Crippen LogP contribution < -0.4 is 0 Å². The molecule has 0 aliphatic carbocycles.